The minimum Gasteiger partial charge on any atom is -0.495 e. The van der Waals surface area contributed by atoms with Gasteiger partial charge in [0, 0.05) is 23.7 Å². The van der Waals surface area contributed by atoms with E-state index in [0.717, 1.165) is 11.4 Å². The molecule has 148 valence electrons. The van der Waals surface area contributed by atoms with Crippen molar-refractivity contribution in [3.63, 3.8) is 0 Å². The zero-order valence-electron chi connectivity index (χ0n) is 16.0. The third-order valence-corrected chi connectivity index (χ3v) is 5.96. The number of aromatic nitrogens is 1. The third-order valence-electron chi connectivity index (χ3n) is 4.70. The lowest BCUT2D eigenvalue weighted by molar-refractivity contribution is -0.114. The molecule has 0 unspecified atom stereocenters. The van der Waals surface area contributed by atoms with Crippen molar-refractivity contribution in [3.8, 4) is 5.75 Å². The highest BCUT2D eigenvalue weighted by Gasteiger charge is 2.41. The van der Waals surface area contributed by atoms with Crippen molar-refractivity contribution in [1.29, 1.82) is 0 Å². The van der Waals surface area contributed by atoms with Crippen LogP contribution in [0.15, 0.2) is 60.1 Å². The van der Waals surface area contributed by atoms with Crippen LogP contribution < -0.4 is 20.3 Å². The Morgan fingerprint density at radius 3 is 2.79 bits per heavy atom. The second-order valence-corrected chi connectivity index (χ2v) is 7.94. The molecule has 2 N–H and O–H groups in total. The number of carbonyl (C=O) groups is 1. The van der Waals surface area contributed by atoms with Crippen LogP contribution in [0.3, 0.4) is 0 Å². The number of nitrogens with zero attached hydrogens (tertiary/aromatic N) is 2. The molecule has 0 radical (unpaired) electrons. The normalized spacial score (nSPS) is 18.4. The fourth-order valence-corrected chi connectivity index (χ4v) is 4.71. The molecule has 1 aliphatic rings. The van der Waals surface area contributed by atoms with E-state index in [1.807, 2.05) is 42.5 Å². The summed E-state index contributed by atoms with van der Waals surface area (Å²) in [5, 5.41) is 8.93. The molecule has 8 heteroatoms. The fraction of sp³-hybridized carbons (Fsp3) is 0.190. The molecular formula is C21H20N4O2S2. The van der Waals surface area contributed by atoms with E-state index in [2.05, 4.69) is 32.0 Å². The van der Waals surface area contributed by atoms with Crippen LogP contribution >= 0.6 is 23.6 Å². The van der Waals surface area contributed by atoms with Gasteiger partial charge < -0.3 is 20.3 Å². The standard InChI is InChI=1S/C21H20N4O2S2/c1-13(26)23-16-12-14(8-9-17(16)27-2)25-20(18-7-5-11-29-18)19(24-21(25)28)15-6-3-4-10-22-15/h3-12,19-20H,1-2H3,(H,23,26)(H,24,28)/t19-,20+/m1/s1. The van der Waals surface area contributed by atoms with Crippen molar-refractivity contribution in [2.45, 2.75) is 19.0 Å². The zero-order valence-corrected chi connectivity index (χ0v) is 17.6. The highest BCUT2D eigenvalue weighted by atomic mass is 32.1. The molecule has 3 aromatic rings. The number of thiocarbonyl (C=S) groups is 1. The number of hydrogen-bond acceptors (Lipinski definition) is 5. The number of amides is 1. The quantitative estimate of drug-likeness (QED) is 0.596. The van der Waals surface area contributed by atoms with Crippen LogP contribution in [0.25, 0.3) is 0 Å². The predicted octanol–water partition coefficient (Wildman–Crippen LogP) is 4.29. The molecule has 0 bridgehead atoms. The average molecular weight is 425 g/mol. The van der Waals surface area contributed by atoms with Crippen LogP contribution in [-0.2, 0) is 4.79 Å². The Hall–Kier alpha value is -2.97. The number of benzene rings is 1. The fourth-order valence-electron chi connectivity index (χ4n) is 3.51. The maximum Gasteiger partial charge on any atom is 0.221 e. The summed E-state index contributed by atoms with van der Waals surface area (Å²) in [6, 6.07) is 15.5. The summed E-state index contributed by atoms with van der Waals surface area (Å²) in [4.78, 5) is 19.4. The Kier molecular flexibility index (Phi) is 5.46. The molecule has 3 heterocycles. The summed E-state index contributed by atoms with van der Waals surface area (Å²) < 4.78 is 5.39. The summed E-state index contributed by atoms with van der Waals surface area (Å²) in [7, 11) is 1.58. The lowest BCUT2D eigenvalue weighted by Crippen LogP contribution is -2.29. The Labute approximate surface area is 178 Å². The van der Waals surface area contributed by atoms with Crippen LogP contribution in [0.5, 0.6) is 5.75 Å². The molecule has 1 saturated heterocycles. The van der Waals surface area contributed by atoms with Gasteiger partial charge in [-0.3, -0.25) is 9.78 Å². The molecular weight excluding hydrogens is 404 g/mol. The number of methoxy groups -OCH3 is 1. The second-order valence-electron chi connectivity index (χ2n) is 6.58. The number of carbonyl (C=O) groups excluding carboxylic acids is 1. The number of ether oxygens (including phenoxy) is 1. The molecule has 2 atom stereocenters. The Balaban J connectivity index is 1.79. The SMILES string of the molecule is COc1ccc(N2C(=S)N[C@H](c3ccccn3)[C@@H]2c2cccs2)cc1NC(C)=O. The molecule has 6 nitrogen and oxygen atoms in total. The first kappa shape index (κ1) is 19.4. The average Bonchev–Trinajstić information content (AvgIpc) is 3.35. The van der Waals surface area contributed by atoms with Crippen molar-refractivity contribution in [2.75, 3.05) is 17.3 Å². The third kappa shape index (κ3) is 3.81. The topological polar surface area (TPSA) is 66.5 Å². The molecule has 1 amide bonds. The van der Waals surface area contributed by atoms with E-state index in [9.17, 15) is 4.79 Å². The molecule has 29 heavy (non-hydrogen) atoms. The van der Waals surface area contributed by atoms with Gasteiger partial charge in [-0.15, -0.1) is 11.3 Å². The minimum atomic E-state index is -0.163. The number of pyridine rings is 1. The maximum absolute atomic E-state index is 11.6. The largest absolute Gasteiger partial charge is 0.495 e. The van der Waals surface area contributed by atoms with Crippen molar-refractivity contribution in [2.24, 2.45) is 0 Å². The van der Waals surface area contributed by atoms with Gasteiger partial charge in [-0.1, -0.05) is 12.1 Å². The minimum absolute atomic E-state index is 0.0593. The summed E-state index contributed by atoms with van der Waals surface area (Å²) in [5.74, 6) is 0.430. The van der Waals surface area contributed by atoms with E-state index in [-0.39, 0.29) is 18.0 Å². The van der Waals surface area contributed by atoms with Crippen LogP contribution in [0.1, 0.15) is 29.6 Å². The van der Waals surface area contributed by atoms with E-state index in [0.29, 0.717) is 16.5 Å². The van der Waals surface area contributed by atoms with Gasteiger partial charge in [0.2, 0.25) is 5.91 Å². The van der Waals surface area contributed by atoms with E-state index in [4.69, 9.17) is 17.0 Å². The van der Waals surface area contributed by atoms with Gasteiger partial charge in [-0.05, 0) is 54.0 Å². The van der Waals surface area contributed by atoms with Crippen LogP contribution in [-0.4, -0.2) is 23.1 Å². The van der Waals surface area contributed by atoms with Crippen molar-refractivity contribution < 1.29 is 9.53 Å². The first-order valence-electron chi connectivity index (χ1n) is 9.08. The molecule has 4 rings (SSSR count). The summed E-state index contributed by atoms with van der Waals surface area (Å²) >= 11 is 7.39. The van der Waals surface area contributed by atoms with Gasteiger partial charge in [0.15, 0.2) is 5.11 Å². The zero-order chi connectivity index (χ0) is 20.4. The van der Waals surface area contributed by atoms with Gasteiger partial charge in [0.25, 0.3) is 0 Å². The van der Waals surface area contributed by atoms with Crippen molar-refractivity contribution >= 4 is 45.9 Å². The molecule has 1 fully saturated rings. The number of thiophene rings is 1. The molecule has 1 aliphatic heterocycles. The van der Waals surface area contributed by atoms with Gasteiger partial charge in [0.1, 0.15) is 5.75 Å². The molecule has 0 aliphatic carbocycles. The van der Waals surface area contributed by atoms with Gasteiger partial charge in [-0.2, -0.15) is 0 Å². The van der Waals surface area contributed by atoms with Crippen molar-refractivity contribution in [3.05, 3.63) is 70.7 Å². The number of hydrogen-bond donors (Lipinski definition) is 2. The molecule has 2 aromatic heterocycles. The Bertz CT molecular complexity index is 1020. The Morgan fingerprint density at radius 1 is 1.28 bits per heavy atom. The first-order chi connectivity index (χ1) is 14.1. The molecule has 0 saturated carbocycles. The van der Waals surface area contributed by atoms with E-state index in [1.54, 1.807) is 24.6 Å². The van der Waals surface area contributed by atoms with Crippen molar-refractivity contribution in [1.82, 2.24) is 10.3 Å². The van der Waals surface area contributed by atoms with Crippen LogP contribution in [0, 0.1) is 0 Å². The monoisotopic (exact) mass is 424 g/mol. The summed E-state index contributed by atoms with van der Waals surface area (Å²) in [6.45, 7) is 1.47. The Morgan fingerprint density at radius 2 is 2.14 bits per heavy atom. The summed E-state index contributed by atoms with van der Waals surface area (Å²) in [5.41, 5.74) is 2.39. The highest BCUT2D eigenvalue weighted by molar-refractivity contribution is 7.80. The molecule has 0 spiro atoms. The van der Waals surface area contributed by atoms with Gasteiger partial charge in [0.05, 0.1) is 30.6 Å². The van der Waals surface area contributed by atoms with Crippen LogP contribution in [0.4, 0.5) is 11.4 Å². The highest BCUT2D eigenvalue weighted by Crippen LogP contribution is 2.44. The van der Waals surface area contributed by atoms with Gasteiger partial charge >= 0.3 is 0 Å². The number of anilines is 2. The van der Waals surface area contributed by atoms with E-state index < -0.39 is 0 Å². The van der Waals surface area contributed by atoms with E-state index in [1.165, 1.54) is 11.8 Å². The second kappa shape index (κ2) is 8.18. The van der Waals surface area contributed by atoms with Crippen LogP contribution in [0.2, 0.25) is 0 Å². The summed E-state index contributed by atoms with van der Waals surface area (Å²) in [6.07, 6.45) is 1.79. The molecule has 1 aromatic carbocycles. The smallest absolute Gasteiger partial charge is 0.221 e. The number of rotatable bonds is 5. The number of nitrogens with one attached hydrogen (secondary N) is 2. The first-order valence-corrected chi connectivity index (χ1v) is 10.4. The predicted molar refractivity (Wildman–Crippen MR) is 120 cm³/mol. The van der Waals surface area contributed by atoms with Gasteiger partial charge in [-0.25, -0.2) is 0 Å². The lowest BCUT2D eigenvalue weighted by Gasteiger charge is -2.27. The lowest BCUT2D eigenvalue weighted by atomic mass is 10.0. The van der Waals surface area contributed by atoms with E-state index >= 15 is 0 Å². The maximum atomic E-state index is 11.6.